The number of para-hydroxylation sites is 1. The number of hydrogen-bond acceptors (Lipinski definition) is 5. The molecule has 0 fully saturated rings. The number of nitrogens with one attached hydrogen (secondary N) is 1. The van der Waals surface area contributed by atoms with Gasteiger partial charge in [0.2, 0.25) is 11.7 Å². The van der Waals surface area contributed by atoms with Crippen molar-refractivity contribution in [3.05, 3.63) is 88.6 Å². The van der Waals surface area contributed by atoms with Crippen LogP contribution in [0.5, 0.6) is 0 Å². The molecule has 1 N–H and O–H groups in total. The predicted octanol–water partition coefficient (Wildman–Crippen LogP) is 5.94. The van der Waals surface area contributed by atoms with Gasteiger partial charge >= 0.3 is 0 Å². The molecule has 2 aromatic heterocycles. The molecule has 4 rings (SSSR count). The zero-order valence-corrected chi connectivity index (χ0v) is 18.0. The van der Waals surface area contributed by atoms with Crippen molar-refractivity contribution in [2.24, 2.45) is 0 Å². The first-order valence-electron chi connectivity index (χ1n) is 9.76. The molecule has 0 spiro atoms. The van der Waals surface area contributed by atoms with Crippen LogP contribution >= 0.6 is 11.3 Å². The lowest BCUT2D eigenvalue weighted by molar-refractivity contribution is 0.102. The fourth-order valence-corrected chi connectivity index (χ4v) is 3.76. The summed E-state index contributed by atoms with van der Waals surface area (Å²) < 4.78 is 5.41. The Bertz CT molecular complexity index is 1140. The van der Waals surface area contributed by atoms with Crippen LogP contribution in [-0.4, -0.2) is 16.0 Å². The highest BCUT2D eigenvalue weighted by molar-refractivity contribution is 7.13. The number of thiophene rings is 1. The molecular weight excluding hydrogens is 394 g/mol. The number of carbonyl (C=O) groups excluding carboxylic acids is 1. The lowest BCUT2D eigenvalue weighted by Gasteiger charge is -2.19. The van der Waals surface area contributed by atoms with E-state index in [0.29, 0.717) is 23.7 Å². The molecule has 0 aliphatic heterocycles. The van der Waals surface area contributed by atoms with Crippen LogP contribution in [0, 0.1) is 0 Å². The van der Waals surface area contributed by atoms with Gasteiger partial charge in [0.15, 0.2) is 0 Å². The summed E-state index contributed by atoms with van der Waals surface area (Å²) in [5, 5.41) is 9.05. The van der Waals surface area contributed by atoms with Gasteiger partial charge in [-0.05, 0) is 46.2 Å². The molecular formula is C24H23N3O2S. The Morgan fingerprint density at radius 3 is 2.50 bits per heavy atom. The van der Waals surface area contributed by atoms with Gasteiger partial charge in [0.1, 0.15) is 0 Å². The molecule has 152 valence electrons. The third-order valence-corrected chi connectivity index (χ3v) is 5.70. The molecule has 0 radical (unpaired) electrons. The van der Waals surface area contributed by atoms with Crippen molar-refractivity contribution in [3.8, 4) is 10.7 Å². The van der Waals surface area contributed by atoms with Crippen LogP contribution in [0.15, 0.2) is 70.6 Å². The molecule has 2 heterocycles. The van der Waals surface area contributed by atoms with Crippen molar-refractivity contribution in [2.45, 2.75) is 32.6 Å². The Hall–Kier alpha value is -3.25. The molecule has 5 nitrogen and oxygen atoms in total. The average molecular weight is 418 g/mol. The van der Waals surface area contributed by atoms with Crippen molar-refractivity contribution < 1.29 is 9.32 Å². The second-order valence-corrected chi connectivity index (χ2v) is 9.05. The number of anilines is 1. The maximum Gasteiger partial charge on any atom is 0.255 e. The highest BCUT2D eigenvalue weighted by Crippen LogP contribution is 2.25. The SMILES string of the molecule is CC(C)(C)c1ccc(C(=O)Nc2ccccc2Cc2nc(-c3cccs3)no2)cc1. The van der Waals surface area contributed by atoms with Gasteiger partial charge in [-0.15, -0.1) is 11.3 Å². The molecule has 0 saturated heterocycles. The van der Waals surface area contributed by atoms with E-state index in [1.165, 1.54) is 5.56 Å². The van der Waals surface area contributed by atoms with Gasteiger partial charge in [0.05, 0.1) is 11.3 Å². The summed E-state index contributed by atoms with van der Waals surface area (Å²) in [5.41, 5.74) is 3.51. The van der Waals surface area contributed by atoms with E-state index in [1.807, 2.05) is 66.0 Å². The second-order valence-electron chi connectivity index (χ2n) is 8.10. The minimum absolute atomic E-state index is 0.0493. The fourth-order valence-electron chi connectivity index (χ4n) is 3.11. The van der Waals surface area contributed by atoms with Crippen LogP contribution in [0.3, 0.4) is 0 Å². The molecule has 6 heteroatoms. The molecule has 30 heavy (non-hydrogen) atoms. The summed E-state index contributed by atoms with van der Waals surface area (Å²) in [5.74, 6) is 0.947. The molecule has 0 aliphatic rings. The van der Waals surface area contributed by atoms with E-state index < -0.39 is 0 Å². The lowest BCUT2D eigenvalue weighted by Crippen LogP contribution is -2.15. The molecule has 0 atom stereocenters. The highest BCUT2D eigenvalue weighted by atomic mass is 32.1. The maximum atomic E-state index is 12.8. The Kier molecular flexibility index (Phi) is 5.50. The number of benzene rings is 2. The van der Waals surface area contributed by atoms with E-state index in [0.717, 1.165) is 16.1 Å². The van der Waals surface area contributed by atoms with Crippen molar-refractivity contribution in [3.63, 3.8) is 0 Å². The van der Waals surface area contributed by atoms with Crippen molar-refractivity contribution in [1.29, 1.82) is 0 Å². The first-order chi connectivity index (χ1) is 14.4. The molecule has 2 aromatic carbocycles. The van der Waals surface area contributed by atoms with Crippen LogP contribution in [-0.2, 0) is 11.8 Å². The van der Waals surface area contributed by atoms with Crippen LogP contribution in [0.2, 0.25) is 0 Å². The topological polar surface area (TPSA) is 68.0 Å². The first kappa shape index (κ1) is 20.0. The number of amides is 1. The van der Waals surface area contributed by atoms with Gasteiger partial charge in [0, 0.05) is 11.3 Å². The van der Waals surface area contributed by atoms with Gasteiger partial charge in [-0.25, -0.2) is 0 Å². The number of hydrogen-bond donors (Lipinski definition) is 1. The van der Waals surface area contributed by atoms with Crippen LogP contribution < -0.4 is 5.32 Å². The third kappa shape index (κ3) is 4.49. The standard InChI is InChI=1S/C24H23N3O2S/c1-24(2,3)18-12-10-16(11-13-18)23(28)25-19-8-5-4-7-17(19)15-21-26-22(27-29-21)20-9-6-14-30-20/h4-14H,15H2,1-3H3,(H,25,28). The molecule has 0 aliphatic carbocycles. The number of rotatable bonds is 5. The van der Waals surface area contributed by atoms with E-state index in [2.05, 4.69) is 36.2 Å². The van der Waals surface area contributed by atoms with E-state index in [-0.39, 0.29) is 11.3 Å². The lowest BCUT2D eigenvalue weighted by atomic mass is 9.86. The second kappa shape index (κ2) is 8.24. The van der Waals surface area contributed by atoms with Crippen molar-refractivity contribution in [2.75, 3.05) is 5.32 Å². The average Bonchev–Trinajstić information content (AvgIpc) is 3.41. The molecule has 0 saturated carbocycles. The number of nitrogens with zero attached hydrogens (tertiary/aromatic N) is 2. The molecule has 0 unspecified atom stereocenters. The summed E-state index contributed by atoms with van der Waals surface area (Å²) in [7, 11) is 0. The largest absolute Gasteiger partial charge is 0.339 e. The number of aromatic nitrogens is 2. The Morgan fingerprint density at radius 2 is 1.80 bits per heavy atom. The fraction of sp³-hybridized carbons (Fsp3) is 0.208. The van der Waals surface area contributed by atoms with E-state index in [4.69, 9.17) is 4.52 Å². The zero-order valence-electron chi connectivity index (χ0n) is 17.2. The molecule has 1 amide bonds. The monoisotopic (exact) mass is 417 g/mol. The van der Waals surface area contributed by atoms with Gasteiger partial charge < -0.3 is 9.84 Å². The summed E-state index contributed by atoms with van der Waals surface area (Å²) in [4.78, 5) is 18.2. The zero-order chi connectivity index (χ0) is 21.1. The summed E-state index contributed by atoms with van der Waals surface area (Å²) >= 11 is 1.57. The van der Waals surface area contributed by atoms with Crippen molar-refractivity contribution >= 4 is 22.9 Å². The normalized spacial score (nSPS) is 11.4. The van der Waals surface area contributed by atoms with Crippen LogP contribution in [0.25, 0.3) is 10.7 Å². The highest BCUT2D eigenvalue weighted by Gasteiger charge is 2.16. The van der Waals surface area contributed by atoms with E-state index in [1.54, 1.807) is 11.3 Å². The summed E-state index contributed by atoms with van der Waals surface area (Å²) in [6.07, 6.45) is 0.442. The third-order valence-electron chi connectivity index (χ3n) is 4.83. The summed E-state index contributed by atoms with van der Waals surface area (Å²) in [6, 6.07) is 19.3. The minimum Gasteiger partial charge on any atom is -0.339 e. The Morgan fingerprint density at radius 1 is 1.03 bits per heavy atom. The van der Waals surface area contributed by atoms with E-state index in [9.17, 15) is 4.79 Å². The quantitative estimate of drug-likeness (QED) is 0.436. The Labute approximate surface area is 179 Å². The van der Waals surface area contributed by atoms with Crippen LogP contribution in [0.4, 0.5) is 5.69 Å². The minimum atomic E-state index is -0.146. The van der Waals surface area contributed by atoms with Gasteiger partial charge in [-0.3, -0.25) is 4.79 Å². The number of carbonyl (C=O) groups is 1. The van der Waals surface area contributed by atoms with E-state index >= 15 is 0 Å². The first-order valence-corrected chi connectivity index (χ1v) is 10.6. The van der Waals surface area contributed by atoms with Gasteiger partial charge in [0.25, 0.3) is 5.91 Å². The van der Waals surface area contributed by atoms with Crippen molar-refractivity contribution in [1.82, 2.24) is 10.1 Å². The Balaban J connectivity index is 1.50. The van der Waals surface area contributed by atoms with Gasteiger partial charge in [-0.2, -0.15) is 4.98 Å². The smallest absolute Gasteiger partial charge is 0.255 e. The predicted molar refractivity (Wildman–Crippen MR) is 120 cm³/mol. The van der Waals surface area contributed by atoms with Crippen LogP contribution in [0.1, 0.15) is 48.1 Å². The maximum absolute atomic E-state index is 12.8. The van der Waals surface area contributed by atoms with Gasteiger partial charge in [-0.1, -0.05) is 62.3 Å². The molecule has 4 aromatic rings. The molecule has 0 bridgehead atoms. The summed E-state index contributed by atoms with van der Waals surface area (Å²) in [6.45, 7) is 6.46.